The standard InChI is InChI=1S/C10H22N2O2S.C2H6/c1-15(13,14)12-10(8-11)7-9-5-3-2-4-6-9;1-2/h9-10,12H,2-8,11H2,1H3;1-2H3. The summed E-state index contributed by atoms with van der Waals surface area (Å²) >= 11 is 0. The maximum atomic E-state index is 11.1. The molecule has 1 aliphatic carbocycles. The van der Waals surface area contributed by atoms with Crippen molar-refractivity contribution in [3.63, 3.8) is 0 Å². The summed E-state index contributed by atoms with van der Waals surface area (Å²) in [6.45, 7) is 4.39. The van der Waals surface area contributed by atoms with Crippen LogP contribution in [-0.4, -0.2) is 27.3 Å². The largest absolute Gasteiger partial charge is 0.329 e. The zero-order valence-electron chi connectivity index (χ0n) is 11.4. The van der Waals surface area contributed by atoms with Gasteiger partial charge in [0.05, 0.1) is 6.26 Å². The average Bonchev–Trinajstić information content (AvgIpc) is 2.30. The molecule has 4 nitrogen and oxygen atoms in total. The van der Waals surface area contributed by atoms with Crippen molar-refractivity contribution in [1.82, 2.24) is 4.72 Å². The van der Waals surface area contributed by atoms with Crippen LogP contribution in [-0.2, 0) is 10.0 Å². The fraction of sp³-hybridized carbons (Fsp3) is 1.00. The van der Waals surface area contributed by atoms with Gasteiger partial charge in [-0.25, -0.2) is 13.1 Å². The van der Waals surface area contributed by atoms with E-state index in [1.165, 1.54) is 38.4 Å². The van der Waals surface area contributed by atoms with E-state index in [4.69, 9.17) is 5.73 Å². The SMILES string of the molecule is CC.CS(=O)(=O)NC(CN)CC1CCCCC1. The van der Waals surface area contributed by atoms with Crippen LogP contribution in [0.4, 0.5) is 0 Å². The molecule has 104 valence electrons. The smallest absolute Gasteiger partial charge is 0.208 e. The molecule has 1 aliphatic rings. The molecule has 0 aliphatic heterocycles. The molecule has 17 heavy (non-hydrogen) atoms. The van der Waals surface area contributed by atoms with Gasteiger partial charge in [-0.2, -0.15) is 0 Å². The van der Waals surface area contributed by atoms with Crippen molar-refractivity contribution in [3.8, 4) is 0 Å². The summed E-state index contributed by atoms with van der Waals surface area (Å²) in [5.41, 5.74) is 5.57. The molecule has 3 N–H and O–H groups in total. The first kappa shape index (κ1) is 16.9. The van der Waals surface area contributed by atoms with Gasteiger partial charge in [0.25, 0.3) is 0 Å². The monoisotopic (exact) mass is 264 g/mol. The highest BCUT2D eigenvalue weighted by atomic mass is 32.2. The second-order valence-corrected chi connectivity index (χ2v) is 6.34. The van der Waals surface area contributed by atoms with Crippen LogP contribution in [0.3, 0.4) is 0 Å². The van der Waals surface area contributed by atoms with E-state index in [0.29, 0.717) is 12.5 Å². The highest BCUT2D eigenvalue weighted by Gasteiger charge is 2.20. The Bertz CT molecular complexity index is 272. The van der Waals surface area contributed by atoms with Crippen LogP contribution in [0, 0.1) is 5.92 Å². The number of nitrogens with one attached hydrogen (secondary N) is 1. The molecule has 0 amide bonds. The van der Waals surface area contributed by atoms with Crippen LogP contribution in [0.1, 0.15) is 52.4 Å². The van der Waals surface area contributed by atoms with E-state index in [2.05, 4.69) is 4.72 Å². The number of hydrogen-bond acceptors (Lipinski definition) is 3. The summed E-state index contributed by atoms with van der Waals surface area (Å²) < 4.78 is 24.8. The van der Waals surface area contributed by atoms with Gasteiger partial charge >= 0.3 is 0 Å². The van der Waals surface area contributed by atoms with Crippen molar-refractivity contribution in [3.05, 3.63) is 0 Å². The summed E-state index contributed by atoms with van der Waals surface area (Å²) in [7, 11) is -3.12. The van der Waals surface area contributed by atoms with E-state index in [9.17, 15) is 8.42 Å². The van der Waals surface area contributed by atoms with Gasteiger partial charge in [0, 0.05) is 12.6 Å². The minimum Gasteiger partial charge on any atom is -0.329 e. The van der Waals surface area contributed by atoms with Crippen molar-refractivity contribution < 1.29 is 8.42 Å². The van der Waals surface area contributed by atoms with Gasteiger partial charge in [-0.3, -0.25) is 0 Å². The maximum Gasteiger partial charge on any atom is 0.208 e. The summed E-state index contributed by atoms with van der Waals surface area (Å²) in [4.78, 5) is 0. The Hall–Kier alpha value is -0.130. The van der Waals surface area contributed by atoms with Crippen molar-refractivity contribution in [1.29, 1.82) is 0 Å². The summed E-state index contributed by atoms with van der Waals surface area (Å²) in [6.07, 6.45) is 8.41. The van der Waals surface area contributed by atoms with Crippen LogP contribution < -0.4 is 10.5 Å². The molecule has 0 saturated heterocycles. The third-order valence-corrected chi connectivity index (χ3v) is 3.77. The van der Waals surface area contributed by atoms with E-state index in [0.717, 1.165) is 6.42 Å². The third kappa shape index (κ3) is 8.57. The van der Waals surface area contributed by atoms with E-state index >= 15 is 0 Å². The van der Waals surface area contributed by atoms with Gasteiger partial charge in [-0.1, -0.05) is 46.0 Å². The molecule has 0 heterocycles. The first-order valence-corrected chi connectivity index (χ1v) is 8.58. The van der Waals surface area contributed by atoms with E-state index in [-0.39, 0.29) is 6.04 Å². The molecule has 1 atom stereocenters. The Morgan fingerprint density at radius 2 is 1.76 bits per heavy atom. The van der Waals surface area contributed by atoms with Crippen molar-refractivity contribution in [2.75, 3.05) is 12.8 Å². The first-order chi connectivity index (χ1) is 8.01. The molecule has 0 bridgehead atoms. The fourth-order valence-electron chi connectivity index (χ4n) is 2.32. The summed E-state index contributed by atoms with van der Waals surface area (Å²) in [5.74, 6) is 0.654. The molecule has 0 aromatic rings. The zero-order chi connectivity index (χ0) is 13.3. The van der Waals surface area contributed by atoms with E-state index < -0.39 is 10.0 Å². The maximum absolute atomic E-state index is 11.1. The average molecular weight is 264 g/mol. The number of nitrogens with two attached hydrogens (primary N) is 1. The molecule has 1 fully saturated rings. The van der Waals surface area contributed by atoms with E-state index in [1.54, 1.807) is 0 Å². The molecular weight excluding hydrogens is 236 g/mol. The van der Waals surface area contributed by atoms with Crippen LogP contribution in [0.5, 0.6) is 0 Å². The van der Waals surface area contributed by atoms with Crippen molar-refractivity contribution >= 4 is 10.0 Å². The number of sulfonamides is 1. The Balaban J connectivity index is 0.00000121. The lowest BCUT2D eigenvalue weighted by atomic mass is 9.85. The normalized spacial score (nSPS) is 19.3. The fourth-order valence-corrected chi connectivity index (χ4v) is 3.12. The molecule has 0 aromatic carbocycles. The van der Waals surface area contributed by atoms with Crippen LogP contribution in [0.25, 0.3) is 0 Å². The molecule has 1 unspecified atom stereocenters. The van der Waals surface area contributed by atoms with Gasteiger partial charge in [-0.15, -0.1) is 0 Å². The molecule has 5 heteroatoms. The first-order valence-electron chi connectivity index (χ1n) is 6.68. The molecule has 0 aromatic heterocycles. The lowest BCUT2D eigenvalue weighted by molar-refractivity contribution is 0.312. The Morgan fingerprint density at radius 3 is 2.18 bits per heavy atom. The highest BCUT2D eigenvalue weighted by molar-refractivity contribution is 7.88. The lowest BCUT2D eigenvalue weighted by Gasteiger charge is -2.25. The molecule has 0 spiro atoms. The highest BCUT2D eigenvalue weighted by Crippen LogP contribution is 2.27. The van der Waals surface area contributed by atoms with Crippen LogP contribution in [0.15, 0.2) is 0 Å². The third-order valence-electron chi connectivity index (χ3n) is 3.01. The van der Waals surface area contributed by atoms with Gasteiger partial charge in [-0.05, 0) is 12.3 Å². The lowest BCUT2D eigenvalue weighted by Crippen LogP contribution is -2.41. The van der Waals surface area contributed by atoms with Gasteiger partial charge < -0.3 is 5.73 Å². The second kappa shape index (κ2) is 8.89. The Labute approximate surface area is 106 Å². The quantitative estimate of drug-likeness (QED) is 0.796. The zero-order valence-corrected chi connectivity index (χ0v) is 12.2. The van der Waals surface area contributed by atoms with Crippen molar-refractivity contribution in [2.24, 2.45) is 11.7 Å². The van der Waals surface area contributed by atoms with Gasteiger partial charge in [0.1, 0.15) is 0 Å². The second-order valence-electron chi connectivity index (χ2n) is 4.56. The topological polar surface area (TPSA) is 72.2 Å². The predicted molar refractivity (Wildman–Crippen MR) is 73.4 cm³/mol. The number of hydrogen-bond donors (Lipinski definition) is 2. The minimum absolute atomic E-state index is 0.0805. The summed E-state index contributed by atoms with van der Waals surface area (Å²) in [5, 5.41) is 0. The van der Waals surface area contributed by atoms with Crippen LogP contribution >= 0.6 is 0 Å². The van der Waals surface area contributed by atoms with Crippen LogP contribution in [0.2, 0.25) is 0 Å². The van der Waals surface area contributed by atoms with Gasteiger partial charge in [0.15, 0.2) is 0 Å². The molecular formula is C12H28N2O2S. The van der Waals surface area contributed by atoms with E-state index in [1.807, 2.05) is 13.8 Å². The number of rotatable bonds is 5. The van der Waals surface area contributed by atoms with Gasteiger partial charge in [0.2, 0.25) is 10.0 Å². The van der Waals surface area contributed by atoms with Crippen molar-refractivity contribution in [2.45, 2.75) is 58.4 Å². The minimum atomic E-state index is -3.12. The predicted octanol–water partition coefficient (Wildman–Crippen LogP) is 1.86. The molecule has 1 rings (SSSR count). The molecule has 1 saturated carbocycles. The Morgan fingerprint density at radius 1 is 1.24 bits per heavy atom. The molecule has 0 radical (unpaired) electrons. The summed E-state index contributed by atoms with van der Waals surface area (Å²) in [6, 6.07) is -0.0805. The Kier molecular flexibility index (Phi) is 8.82.